The van der Waals surface area contributed by atoms with Gasteiger partial charge in [-0.2, -0.15) is 0 Å². The van der Waals surface area contributed by atoms with E-state index in [4.69, 9.17) is 5.41 Å². The van der Waals surface area contributed by atoms with Crippen molar-refractivity contribution < 1.29 is 0 Å². The number of nitrogens with one attached hydrogen (secondary N) is 4. The zero-order valence-corrected chi connectivity index (χ0v) is 8.53. The Balaban J connectivity index is 2.79. The Kier molecular flexibility index (Phi) is 11.2. The summed E-state index contributed by atoms with van der Waals surface area (Å²) in [6.45, 7) is 8.12. The monoisotopic (exact) mass is 186 g/mol. The molecule has 13 heavy (non-hydrogen) atoms. The molecule has 0 fully saturated rings. The Hall–Kier alpha value is -0.450. The van der Waals surface area contributed by atoms with Crippen LogP contribution in [0.3, 0.4) is 0 Å². The molecule has 0 aliphatic carbocycles. The summed E-state index contributed by atoms with van der Waals surface area (Å²) in [5, 5.41) is 16.6. The summed E-state index contributed by atoms with van der Waals surface area (Å²) in [4.78, 5) is 0. The molecule has 0 spiro atoms. The van der Waals surface area contributed by atoms with Gasteiger partial charge in [0.1, 0.15) is 0 Å². The van der Waals surface area contributed by atoms with E-state index in [-0.39, 0.29) is 0 Å². The van der Waals surface area contributed by atoms with Crippen molar-refractivity contribution in [3.05, 3.63) is 0 Å². The first-order valence-electron chi connectivity index (χ1n) is 5.03. The van der Waals surface area contributed by atoms with Crippen LogP contribution < -0.4 is 16.0 Å². The molecule has 0 radical (unpaired) electrons. The molecular formula is C9H22N4. The normalized spacial score (nSPS) is 10.2. The lowest BCUT2D eigenvalue weighted by Gasteiger charge is -2.05. The van der Waals surface area contributed by atoms with Crippen LogP contribution in [0.4, 0.5) is 0 Å². The number of hydrogen-bond donors (Lipinski definition) is 4. The van der Waals surface area contributed by atoms with Gasteiger partial charge in [0.2, 0.25) is 0 Å². The third kappa shape index (κ3) is 11.5. The first-order valence-corrected chi connectivity index (χ1v) is 5.03. The van der Waals surface area contributed by atoms with Gasteiger partial charge in [0, 0.05) is 32.7 Å². The van der Waals surface area contributed by atoms with E-state index in [1.54, 1.807) is 0 Å². The lowest BCUT2D eigenvalue weighted by atomic mass is 10.4. The SMILES string of the molecule is CCNCCNCCNCCC=N. The van der Waals surface area contributed by atoms with Crippen molar-refractivity contribution in [2.24, 2.45) is 0 Å². The quantitative estimate of drug-likeness (QED) is 0.283. The van der Waals surface area contributed by atoms with Crippen LogP contribution in [0.25, 0.3) is 0 Å². The minimum atomic E-state index is 0.831. The van der Waals surface area contributed by atoms with Gasteiger partial charge in [-0.3, -0.25) is 0 Å². The summed E-state index contributed by atoms with van der Waals surface area (Å²) in [6, 6.07) is 0. The van der Waals surface area contributed by atoms with Crippen LogP contribution in [0.1, 0.15) is 13.3 Å². The highest BCUT2D eigenvalue weighted by molar-refractivity contribution is 5.52. The van der Waals surface area contributed by atoms with Gasteiger partial charge in [0.15, 0.2) is 0 Å². The second-order valence-electron chi connectivity index (χ2n) is 2.85. The Labute approximate surface area is 81.0 Å². The third-order valence-corrected chi connectivity index (χ3v) is 1.67. The fourth-order valence-corrected chi connectivity index (χ4v) is 0.955. The fourth-order valence-electron chi connectivity index (χ4n) is 0.955. The van der Waals surface area contributed by atoms with E-state index >= 15 is 0 Å². The topological polar surface area (TPSA) is 59.9 Å². The molecule has 78 valence electrons. The minimum Gasteiger partial charge on any atom is -0.316 e. The van der Waals surface area contributed by atoms with E-state index < -0.39 is 0 Å². The lowest BCUT2D eigenvalue weighted by molar-refractivity contribution is 0.592. The Morgan fingerprint density at radius 1 is 0.923 bits per heavy atom. The van der Waals surface area contributed by atoms with Gasteiger partial charge in [-0.25, -0.2) is 0 Å². The molecule has 0 unspecified atom stereocenters. The van der Waals surface area contributed by atoms with Crippen molar-refractivity contribution in [1.29, 1.82) is 5.41 Å². The standard InChI is InChI=1S/C9H22N4/c1-2-11-6-7-13-9-8-12-5-3-4-10/h4,10-13H,2-3,5-9H2,1H3. The van der Waals surface area contributed by atoms with Gasteiger partial charge in [0.05, 0.1) is 0 Å². The molecule has 4 nitrogen and oxygen atoms in total. The summed E-state index contributed by atoms with van der Waals surface area (Å²) < 4.78 is 0. The Bertz CT molecular complexity index is 106. The summed E-state index contributed by atoms with van der Waals surface area (Å²) in [7, 11) is 0. The van der Waals surface area contributed by atoms with Gasteiger partial charge in [-0.05, 0) is 19.2 Å². The molecule has 0 heterocycles. The Morgan fingerprint density at radius 3 is 2.00 bits per heavy atom. The lowest BCUT2D eigenvalue weighted by Crippen LogP contribution is -2.32. The van der Waals surface area contributed by atoms with Crippen LogP contribution in [0.2, 0.25) is 0 Å². The Morgan fingerprint density at radius 2 is 1.46 bits per heavy atom. The smallest absolute Gasteiger partial charge is 0.00772 e. The molecule has 0 atom stereocenters. The molecule has 0 bridgehead atoms. The van der Waals surface area contributed by atoms with E-state index in [0.717, 1.165) is 45.7 Å². The van der Waals surface area contributed by atoms with Crippen LogP contribution in [0.15, 0.2) is 0 Å². The van der Waals surface area contributed by atoms with Crippen molar-refractivity contribution >= 4 is 6.21 Å². The molecule has 0 aromatic rings. The van der Waals surface area contributed by atoms with E-state index in [1.807, 2.05) is 0 Å². The average molecular weight is 186 g/mol. The molecule has 0 saturated carbocycles. The molecule has 0 saturated heterocycles. The van der Waals surface area contributed by atoms with Crippen molar-refractivity contribution in [3.63, 3.8) is 0 Å². The predicted molar refractivity (Wildman–Crippen MR) is 57.7 cm³/mol. The maximum atomic E-state index is 6.81. The van der Waals surface area contributed by atoms with Crippen molar-refractivity contribution in [3.8, 4) is 0 Å². The number of hydrogen-bond acceptors (Lipinski definition) is 4. The molecule has 0 amide bonds. The second-order valence-corrected chi connectivity index (χ2v) is 2.85. The first kappa shape index (κ1) is 12.6. The molecule has 0 aliphatic heterocycles. The zero-order valence-electron chi connectivity index (χ0n) is 8.53. The molecule has 4 N–H and O–H groups in total. The molecular weight excluding hydrogens is 164 g/mol. The van der Waals surface area contributed by atoms with Crippen LogP contribution in [0, 0.1) is 5.41 Å². The minimum absolute atomic E-state index is 0.831. The summed E-state index contributed by atoms with van der Waals surface area (Å²) in [5.74, 6) is 0. The van der Waals surface area contributed by atoms with Crippen molar-refractivity contribution in [1.82, 2.24) is 16.0 Å². The summed E-state index contributed by atoms with van der Waals surface area (Å²) in [5.41, 5.74) is 0. The van der Waals surface area contributed by atoms with Crippen molar-refractivity contribution in [2.45, 2.75) is 13.3 Å². The molecule has 4 heteroatoms. The van der Waals surface area contributed by atoms with Gasteiger partial charge < -0.3 is 21.4 Å². The molecule has 0 aromatic heterocycles. The third-order valence-electron chi connectivity index (χ3n) is 1.67. The van der Waals surface area contributed by atoms with Gasteiger partial charge in [-0.15, -0.1) is 0 Å². The largest absolute Gasteiger partial charge is 0.316 e. The van der Waals surface area contributed by atoms with E-state index in [9.17, 15) is 0 Å². The van der Waals surface area contributed by atoms with E-state index in [0.29, 0.717) is 0 Å². The average Bonchev–Trinajstić information content (AvgIpc) is 2.16. The maximum absolute atomic E-state index is 6.81. The first-order chi connectivity index (χ1) is 6.41. The summed E-state index contributed by atoms with van der Waals surface area (Å²) in [6.07, 6.45) is 2.27. The number of likely N-dealkylation sites (N-methyl/N-ethyl adjacent to an activating group) is 1. The van der Waals surface area contributed by atoms with Crippen molar-refractivity contribution in [2.75, 3.05) is 39.3 Å². The molecule has 0 aromatic carbocycles. The molecule has 0 rings (SSSR count). The van der Waals surface area contributed by atoms with Gasteiger partial charge >= 0.3 is 0 Å². The highest BCUT2D eigenvalue weighted by Crippen LogP contribution is 1.66. The van der Waals surface area contributed by atoms with Crippen LogP contribution in [0.5, 0.6) is 0 Å². The van der Waals surface area contributed by atoms with Crippen LogP contribution in [-0.4, -0.2) is 45.5 Å². The molecule has 0 aliphatic rings. The van der Waals surface area contributed by atoms with Crippen LogP contribution >= 0.6 is 0 Å². The van der Waals surface area contributed by atoms with Crippen LogP contribution in [-0.2, 0) is 0 Å². The maximum Gasteiger partial charge on any atom is 0.00772 e. The van der Waals surface area contributed by atoms with E-state index in [1.165, 1.54) is 6.21 Å². The van der Waals surface area contributed by atoms with Gasteiger partial charge in [-0.1, -0.05) is 6.92 Å². The highest BCUT2D eigenvalue weighted by Gasteiger charge is 1.86. The van der Waals surface area contributed by atoms with E-state index in [2.05, 4.69) is 22.9 Å². The summed E-state index contributed by atoms with van der Waals surface area (Å²) >= 11 is 0. The predicted octanol–water partition coefficient (Wildman–Crippen LogP) is -0.185. The second kappa shape index (κ2) is 11.6. The number of rotatable bonds is 10. The highest BCUT2D eigenvalue weighted by atomic mass is 15.0. The van der Waals surface area contributed by atoms with Gasteiger partial charge in [0.25, 0.3) is 0 Å². The zero-order chi connectivity index (χ0) is 9.78. The fraction of sp³-hybridized carbons (Fsp3) is 0.889.